The molecule has 0 spiro atoms. The Balaban J connectivity index is 0.00000407. The summed E-state index contributed by atoms with van der Waals surface area (Å²) >= 11 is 5.19. The number of anilines is 1. The Hall–Kier alpha value is -1.93. The molecule has 1 aromatic carbocycles. The number of imidazole rings is 1. The average molecular weight is 1130 g/mol. The molecule has 9 N–H and O–H groups in total. The van der Waals surface area contributed by atoms with E-state index in [-0.39, 0.29) is 75.0 Å². The van der Waals surface area contributed by atoms with E-state index in [1.54, 1.807) is 24.3 Å². The third-order valence-electron chi connectivity index (χ3n) is 7.80. The molecule has 331 valence electrons. The van der Waals surface area contributed by atoms with Crippen LogP contribution in [0.5, 0.6) is 0 Å². The van der Waals surface area contributed by atoms with E-state index in [0.717, 1.165) is 29.0 Å². The first-order chi connectivity index (χ1) is 27.5. The third kappa shape index (κ3) is 16.0. The molecule has 60 heavy (non-hydrogen) atoms. The number of aliphatic hydroxyl groups is 2. The number of phosphoric ester groups is 3. The van der Waals surface area contributed by atoms with Gasteiger partial charge in [0.15, 0.2) is 17.7 Å². The molecule has 1 aliphatic heterocycles. The minimum atomic E-state index is -5.58. The van der Waals surface area contributed by atoms with Crippen molar-refractivity contribution in [3.8, 4) is 0 Å². The van der Waals surface area contributed by atoms with Gasteiger partial charge in [-0.1, -0.05) is 51.6 Å². The largest absolute Gasteiger partial charge is 1.00 e. The van der Waals surface area contributed by atoms with Crippen LogP contribution in [-0.4, -0.2) is 123 Å². The molecule has 7 unspecified atom stereocenters. The third-order valence-corrected chi connectivity index (χ3v) is 12.2. The maximum absolute atomic E-state index is 12.7. The van der Waals surface area contributed by atoms with E-state index >= 15 is 0 Å². The Labute approximate surface area is 373 Å². The van der Waals surface area contributed by atoms with Crippen molar-refractivity contribution in [2.24, 2.45) is 10.4 Å². The fraction of sp³-hybridized carbons (Fsp3) is 0.533. The average Bonchev–Trinajstić information content (AvgIpc) is 3.72. The standard InChI is InChI=1S/C28H40N7O17P3S2.C2H6.Hg/c1-28(2,22(38)25(39)31-8-7-18(36)30-9-10-57-27(40)15-5-3-4-6-17(15)56)12-49-55(46,47)52-54(44,45)48-11-16-21(51-53(41,42)43)20(37)26(50-16)35-14-34-19-23(29)32-13-33-24(19)35;1-2;/h3-6,13-14,16,20-22,26,37-38,56H,7-12H2,1-2H3,(H,30,36)(H,31,39)(H,44,45)(H,46,47)(H2,29,32,33)(H2,41,42,43);1-2H3;/q;;+1/p-1. The van der Waals surface area contributed by atoms with Gasteiger partial charge >= 0.3 is 51.1 Å². The summed E-state index contributed by atoms with van der Waals surface area (Å²) in [4.78, 5) is 80.1. The van der Waals surface area contributed by atoms with Gasteiger partial charge in [0, 0.05) is 34.7 Å². The Morgan fingerprint density at radius 2 is 1.77 bits per heavy atom. The number of carbonyl (C=O) groups is 2. The monoisotopic (exact) mass is 1130 g/mol. The van der Waals surface area contributed by atoms with E-state index in [0.29, 0.717) is 10.5 Å². The van der Waals surface area contributed by atoms with E-state index in [2.05, 4.69) is 46.7 Å². The molecular weight excluding hydrogens is 1090 g/mol. The summed E-state index contributed by atoms with van der Waals surface area (Å²) in [6.45, 7) is 4.22. The van der Waals surface area contributed by atoms with Crippen LogP contribution in [0.4, 0.5) is 5.82 Å². The molecule has 30 heteroatoms. The number of thiol groups is 1. The molecule has 24 nitrogen and oxygen atoms in total. The second kappa shape index (κ2) is 23.7. The Bertz CT molecular complexity index is 2100. The first kappa shape index (κ1) is 54.2. The number of nitrogen functional groups attached to an aromatic ring is 1. The van der Waals surface area contributed by atoms with Gasteiger partial charge in [0.25, 0.3) is 0 Å². The zero-order valence-corrected chi connectivity index (χ0v) is 42.4. The molecule has 3 heterocycles. The molecule has 3 aromatic rings. The molecule has 1 aliphatic rings. The SMILES string of the molecule is CC.CC(C)(COP(=O)(O)OP(=O)(O)OCC1OC(n2cnc3c(N)ncnc32)C(O)C1OP(=O)(O)O)C(O)C(=O)NCCC([O-])=NCCSC(=O)c1ccccc1S.[Hg+]. The van der Waals surface area contributed by atoms with Gasteiger partial charge in [0.1, 0.15) is 36.3 Å². The normalized spacial score (nSPS) is 20.9. The van der Waals surface area contributed by atoms with E-state index < -0.39 is 84.5 Å². The number of phosphoric acid groups is 3. The molecule has 0 saturated carbocycles. The van der Waals surface area contributed by atoms with Crippen molar-refractivity contribution in [2.45, 2.75) is 69.7 Å². The summed E-state index contributed by atoms with van der Waals surface area (Å²) in [6.07, 6.45) is -7.05. The Morgan fingerprint density at radius 1 is 1.12 bits per heavy atom. The number of hydrogen-bond acceptors (Lipinski definition) is 20. The van der Waals surface area contributed by atoms with Gasteiger partial charge in [-0.05, 0) is 24.5 Å². The number of rotatable bonds is 20. The minimum absolute atomic E-state index is 0. The number of carbonyl (C=O) groups excluding carboxylic acids is 2. The smallest absolute Gasteiger partial charge is 0.862 e. The first-order valence-corrected chi connectivity index (χ1v) is 23.2. The van der Waals surface area contributed by atoms with Crippen LogP contribution in [0.15, 0.2) is 46.8 Å². The van der Waals surface area contributed by atoms with Gasteiger partial charge < -0.3 is 55.7 Å². The van der Waals surface area contributed by atoms with E-state index in [9.17, 15) is 58.2 Å². The van der Waals surface area contributed by atoms with E-state index in [1.165, 1.54) is 13.8 Å². The van der Waals surface area contributed by atoms with Gasteiger partial charge in [-0.25, -0.2) is 28.6 Å². The van der Waals surface area contributed by atoms with Crippen LogP contribution in [0.1, 0.15) is 50.7 Å². The number of aromatic nitrogens is 4. The van der Waals surface area contributed by atoms with E-state index in [4.69, 9.17) is 19.5 Å². The van der Waals surface area contributed by atoms with Crippen LogP contribution in [0.25, 0.3) is 11.2 Å². The number of aliphatic hydroxyl groups excluding tert-OH is 2. The fourth-order valence-electron chi connectivity index (χ4n) is 4.96. The van der Waals surface area contributed by atoms with Crippen LogP contribution in [0.3, 0.4) is 0 Å². The van der Waals surface area contributed by atoms with Crippen molar-refractivity contribution in [3.63, 3.8) is 0 Å². The van der Waals surface area contributed by atoms with Crippen molar-refractivity contribution in [1.29, 1.82) is 0 Å². The predicted octanol–water partition coefficient (Wildman–Crippen LogP) is 0.933. The molecule has 4 rings (SSSR count). The molecule has 1 radical (unpaired) electrons. The summed E-state index contributed by atoms with van der Waals surface area (Å²) in [6, 6.07) is 6.72. The second-order valence-electron chi connectivity index (χ2n) is 12.6. The number of nitrogens with one attached hydrogen (secondary N) is 1. The molecule has 0 bridgehead atoms. The molecule has 2 aromatic heterocycles. The summed E-state index contributed by atoms with van der Waals surface area (Å²) in [5.41, 5.74) is 4.65. The zero-order chi connectivity index (χ0) is 44.3. The second-order valence-corrected chi connectivity index (χ2v) is 18.4. The Kier molecular flexibility index (Phi) is 21.4. The number of nitrogens with two attached hydrogens (primary N) is 1. The van der Waals surface area contributed by atoms with Gasteiger partial charge in [0.2, 0.25) is 11.0 Å². The number of fused-ring (bicyclic) bond motifs is 1. The van der Waals surface area contributed by atoms with Gasteiger partial charge in [-0.15, -0.1) is 12.6 Å². The van der Waals surface area contributed by atoms with Crippen molar-refractivity contribution in [3.05, 3.63) is 42.5 Å². The molecule has 0 aliphatic carbocycles. The number of ether oxygens (including phenoxy) is 1. The van der Waals surface area contributed by atoms with E-state index in [1.807, 2.05) is 13.8 Å². The molecule has 1 fully saturated rings. The van der Waals surface area contributed by atoms with Crippen LogP contribution in [0.2, 0.25) is 0 Å². The quantitative estimate of drug-likeness (QED) is 0.0190. The van der Waals surface area contributed by atoms with Crippen molar-refractivity contribution < 1.29 is 108 Å². The van der Waals surface area contributed by atoms with Gasteiger partial charge in [-0.2, -0.15) is 4.31 Å². The van der Waals surface area contributed by atoms with Crippen LogP contribution < -0.4 is 16.2 Å². The summed E-state index contributed by atoms with van der Waals surface area (Å²) < 4.78 is 62.1. The van der Waals surface area contributed by atoms with Crippen molar-refractivity contribution >= 4 is 81.8 Å². The van der Waals surface area contributed by atoms with Crippen LogP contribution >= 0.6 is 47.9 Å². The van der Waals surface area contributed by atoms with Crippen molar-refractivity contribution in [2.75, 3.05) is 37.8 Å². The zero-order valence-electron chi connectivity index (χ0n) is 32.5. The Morgan fingerprint density at radius 3 is 2.42 bits per heavy atom. The number of nitrogens with zero attached hydrogens (tertiary/aromatic N) is 5. The maximum Gasteiger partial charge on any atom is 1.00 e. The summed E-state index contributed by atoms with van der Waals surface area (Å²) in [7, 11) is -16.4. The summed E-state index contributed by atoms with van der Waals surface area (Å²) in [5.74, 6) is -1.42. The number of thioether (sulfide) groups is 1. The van der Waals surface area contributed by atoms with Gasteiger partial charge in [-0.3, -0.25) is 27.7 Å². The van der Waals surface area contributed by atoms with Crippen molar-refractivity contribution in [1.82, 2.24) is 24.8 Å². The number of aliphatic imine (C=N–C) groups is 1. The molecule has 1 amide bonds. The topological polar surface area (TPSA) is 370 Å². The first-order valence-electron chi connectivity index (χ1n) is 17.3. The molecule has 1 saturated heterocycles. The van der Waals surface area contributed by atoms with Crippen LogP contribution in [-0.2, 0) is 68.8 Å². The minimum Gasteiger partial charge on any atom is -0.862 e. The number of amides is 1. The number of hydrogen-bond donors (Lipinski definition) is 9. The molecule has 7 atom stereocenters. The van der Waals surface area contributed by atoms with Crippen LogP contribution in [0, 0.1) is 5.41 Å². The fourth-order valence-corrected chi connectivity index (χ4v) is 8.82. The van der Waals surface area contributed by atoms with Gasteiger partial charge in [0.05, 0.1) is 19.5 Å². The maximum atomic E-state index is 12.7. The predicted molar refractivity (Wildman–Crippen MR) is 211 cm³/mol. The molecular formula is C30H45HgN7O17P3S2. The number of benzene rings is 1. The summed E-state index contributed by atoms with van der Waals surface area (Å²) in [5, 5.41) is 35.6.